The SMILES string of the molecule is Cn1nnc2cc(C(=O)NC(CN)C3CCCCC3)ccc21. The van der Waals surface area contributed by atoms with Gasteiger partial charge in [0.1, 0.15) is 5.52 Å². The number of benzene rings is 1. The van der Waals surface area contributed by atoms with E-state index >= 15 is 0 Å². The van der Waals surface area contributed by atoms with Crippen molar-refractivity contribution in [1.29, 1.82) is 0 Å². The fourth-order valence-corrected chi connectivity index (χ4v) is 3.34. The molecule has 1 saturated carbocycles. The van der Waals surface area contributed by atoms with Crippen LogP contribution in [0.25, 0.3) is 11.0 Å². The van der Waals surface area contributed by atoms with Gasteiger partial charge in [0.2, 0.25) is 0 Å². The normalized spacial score (nSPS) is 17.5. The van der Waals surface area contributed by atoms with Crippen LogP contribution in [0.5, 0.6) is 0 Å². The van der Waals surface area contributed by atoms with Crippen molar-refractivity contribution in [1.82, 2.24) is 20.3 Å². The van der Waals surface area contributed by atoms with Crippen LogP contribution in [0.15, 0.2) is 18.2 Å². The van der Waals surface area contributed by atoms with Gasteiger partial charge < -0.3 is 11.1 Å². The summed E-state index contributed by atoms with van der Waals surface area (Å²) in [7, 11) is 1.84. The molecule has 1 aliphatic rings. The Labute approximate surface area is 130 Å². The fraction of sp³-hybridized carbons (Fsp3) is 0.562. The van der Waals surface area contributed by atoms with Crippen LogP contribution < -0.4 is 11.1 Å². The molecule has 1 unspecified atom stereocenters. The predicted octanol–water partition coefficient (Wildman–Crippen LogP) is 1.61. The summed E-state index contributed by atoms with van der Waals surface area (Å²) in [4.78, 5) is 12.5. The first-order valence-corrected chi connectivity index (χ1v) is 7.99. The van der Waals surface area contributed by atoms with Crippen LogP contribution in [-0.2, 0) is 7.05 Å². The van der Waals surface area contributed by atoms with Gasteiger partial charge in [0.15, 0.2) is 0 Å². The van der Waals surface area contributed by atoms with Crippen molar-refractivity contribution in [3.63, 3.8) is 0 Å². The van der Waals surface area contributed by atoms with Crippen LogP contribution in [0.3, 0.4) is 0 Å². The minimum atomic E-state index is -0.0754. The second-order valence-electron chi connectivity index (χ2n) is 6.13. The van der Waals surface area contributed by atoms with Crippen molar-refractivity contribution >= 4 is 16.9 Å². The molecule has 6 heteroatoms. The number of fused-ring (bicyclic) bond motifs is 1. The van der Waals surface area contributed by atoms with E-state index in [4.69, 9.17) is 5.73 Å². The van der Waals surface area contributed by atoms with E-state index in [9.17, 15) is 4.79 Å². The summed E-state index contributed by atoms with van der Waals surface area (Å²) in [5, 5.41) is 11.1. The molecule has 1 heterocycles. The molecule has 1 aromatic heterocycles. The van der Waals surface area contributed by atoms with E-state index < -0.39 is 0 Å². The number of hydrogen-bond donors (Lipinski definition) is 2. The van der Waals surface area contributed by atoms with Crippen LogP contribution in [0, 0.1) is 5.92 Å². The van der Waals surface area contributed by atoms with Crippen molar-refractivity contribution in [2.75, 3.05) is 6.54 Å². The minimum Gasteiger partial charge on any atom is -0.348 e. The number of nitrogens with zero attached hydrogens (tertiary/aromatic N) is 3. The summed E-state index contributed by atoms with van der Waals surface area (Å²) >= 11 is 0. The van der Waals surface area contributed by atoms with Gasteiger partial charge in [-0.1, -0.05) is 24.5 Å². The zero-order valence-electron chi connectivity index (χ0n) is 13.0. The molecule has 1 fully saturated rings. The quantitative estimate of drug-likeness (QED) is 0.898. The highest BCUT2D eigenvalue weighted by Crippen LogP contribution is 2.26. The Morgan fingerprint density at radius 2 is 2.18 bits per heavy atom. The summed E-state index contributed by atoms with van der Waals surface area (Å²) in [6, 6.07) is 5.54. The second kappa shape index (κ2) is 6.44. The lowest BCUT2D eigenvalue weighted by Crippen LogP contribution is -2.45. The first-order chi connectivity index (χ1) is 10.7. The molecule has 1 aliphatic carbocycles. The number of nitrogens with one attached hydrogen (secondary N) is 1. The van der Waals surface area contributed by atoms with Gasteiger partial charge in [-0.15, -0.1) is 5.10 Å². The molecule has 6 nitrogen and oxygen atoms in total. The standard InChI is InChI=1S/C16H23N5O/c1-21-15-8-7-12(9-13(15)19-20-21)16(22)18-14(10-17)11-5-3-2-4-6-11/h7-9,11,14H,2-6,10,17H2,1H3,(H,18,22). The third-order valence-corrected chi connectivity index (χ3v) is 4.66. The second-order valence-corrected chi connectivity index (χ2v) is 6.13. The molecule has 0 aliphatic heterocycles. The van der Waals surface area contributed by atoms with Gasteiger partial charge in [-0.2, -0.15) is 0 Å². The van der Waals surface area contributed by atoms with Crippen LogP contribution in [-0.4, -0.2) is 33.5 Å². The average Bonchev–Trinajstić information content (AvgIpc) is 2.94. The Morgan fingerprint density at radius 3 is 2.91 bits per heavy atom. The summed E-state index contributed by atoms with van der Waals surface area (Å²) in [6.07, 6.45) is 6.09. The molecule has 3 rings (SSSR count). The number of aromatic nitrogens is 3. The molecule has 1 atom stereocenters. The van der Waals surface area contributed by atoms with Crippen LogP contribution in [0.1, 0.15) is 42.5 Å². The van der Waals surface area contributed by atoms with Crippen molar-refractivity contribution in [3.8, 4) is 0 Å². The number of rotatable bonds is 4. The number of nitrogens with two attached hydrogens (primary N) is 1. The molecule has 2 aromatic rings. The Hall–Kier alpha value is -1.95. The van der Waals surface area contributed by atoms with Gasteiger partial charge in [-0.3, -0.25) is 4.79 Å². The number of aryl methyl sites for hydroxylation is 1. The maximum absolute atomic E-state index is 12.5. The first-order valence-electron chi connectivity index (χ1n) is 7.99. The maximum atomic E-state index is 12.5. The number of carbonyl (C=O) groups excluding carboxylic acids is 1. The molecule has 22 heavy (non-hydrogen) atoms. The number of amides is 1. The van der Waals surface area contributed by atoms with Crippen molar-refractivity contribution < 1.29 is 4.79 Å². The lowest BCUT2D eigenvalue weighted by atomic mass is 9.84. The van der Waals surface area contributed by atoms with E-state index in [1.165, 1.54) is 19.3 Å². The Balaban J connectivity index is 1.73. The molecule has 3 N–H and O–H groups in total. The number of carbonyl (C=O) groups is 1. The van der Waals surface area contributed by atoms with Crippen molar-refractivity contribution in [2.45, 2.75) is 38.1 Å². The van der Waals surface area contributed by atoms with E-state index in [2.05, 4.69) is 15.6 Å². The summed E-state index contributed by atoms with van der Waals surface area (Å²) in [5.74, 6) is 0.427. The fourth-order valence-electron chi connectivity index (χ4n) is 3.34. The van der Waals surface area contributed by atoms with E-state index in [0.717, 1.165) is 23.9 Å². The monoisotopic (exact) mass is 301 g/mol. The van der Waals surface area contributed by atoms with Crippen molar-refractivity contribution in [3.05, 3.63) is 23.8 Å². The highest BCUT2D eigenvalue weighted by Gasteiger charge is 2.24. The van der Waals surface area contributed by atoms with Crippen LogP contribution in [0.2, 0.25) is 0 Å². The smallest absolute Gasteiger partial charge is 0.251 e. The van der Waals surface area contributed by atoms with E-state index in [1.807, 2.05) is 19.2 Å². The highest BCUT2D eigenvalue weighted by atomic mass is 16.1. The maximum Gasteiger partial charge on any atom is 0.251 e. The molecule has 0 bridgehead atoms. The van der Waals surface area contributed by atoms with Gasteiger partial charge in [-0.25, -0.2) is 4.68 Å². The molecule has 0 saturated heterocycles. The van der Waals surface area contributed by atoms with Gasteiger partial charge in [0.25, 0.3) is 5.91 Å². The molecular weight excluding hydrogens is 278 g/mol. The van der Waals surface area contributed by atoms with E-state index in [-0.39, 0.29) is 11.9 Å². The van der Waals surface area contributed by atoms with Crippen molar-refractivity contribution in [2.24, 2.45) is 18.7 Å². The van der Waals surface area contributed by atoms with Crippen LogP contribution >= 0.6 is 0 Å². The minimum absolute atomic E-state index is 0.0605. The topological polar surface area (TPSA) is 85.8 Å². The predicted molar refractivity (Wildman–Crippen MR) is 85.4 cm³/mol. The average molecular weight is 301 g/mol. The summed E-state index contributed by atoms with van der Waals surface area (Å²) in [5.41, 5.74) is 8.15. The van der Waals surface area contributed by atoms with E-state index in [0.29, 0.717) is 18.0 Å². The lowest BCUT2D eigenvalue weighted by molar-refractivity contribution is 0.0915. The van der Waals surface area contributed by atoms with E-state index in [1.54, 1.807) is 10.7 Å². The molecule has 0 spiro atoms. The highest BCUT2D eigenvalue weighted by molar-refractivity contribution is 5.97. The third kappa shape index (κ3) is 2.97. The van der Waals surface area contributed by atoms with Gasteiger partial charge in [0, 0.05) is 25.2 Å². The Morgan fingerprint density at radius 1 is 1.41 bits per heavy atom. The zero-order valence-corrected chi connectivity index (χ0v) is 13.0. The number of hydrogen-bond acceptors (Lipinski definition) is 4. The molecule has 0 radical (unpaired) electrons. The molecule has 1 amide bonds. The van der Waals surface area contributed by atoms with Gasteiger partial charge in [-0.05, 0) is 37.0 Å². The molecule has 1 aromatic carbocycles. The Kier molecular flexibility index (Phi) is 4.38. The van der Waals surface area contributed by atoms with Gasteiger partial charge in [0.05, 0.1) is 5.52 Å². The first kappa shape index (κ1) is 15.0. The Bertz CT molecular complexity index is 660. The largest absolute Gasteiger partial charge is 0.348 e. The third-order valence-electron chi connectivity index (χ3n) is 4.66. The van der Waals surface area contributed by atoms with Gasteiger partial charge >= 0.3 is 0 Å². The lowest BCUT2D eigenvalue weighted by Gasteiger charge is -2.30. The molecule has 118 valence electrons. The zero-order chi connectivity index (χ0) is 15.5. The summed E-state index contributed by atoms with van der Waals surface area (Å²) in [6.45, 7) is 0.490. The van der Waals surface area contributed by atoms with Crippen LogP contribution in [0.4, 0.5) is 0 Å². The summed E-state index contributed by atoms with van der Waals surface area (Å²) < 4.78 is 1.70. The molecular formula is C16H23N5O.